The van der Waals surface area contributed by atoms with Crippen molar-refractivity contribution in [3.63, 3.8) is 0 Å². The van der Waals surface area contributed by atoms with Crippen LogP contribution in [0, 0.1) is 12.8 Å². The topological polar surface area (TPSA) is 0 Å². The van der Waals surface area contributed by atoms with Gasteiger partial charge in [-0.1, -0.05) is 76.1 Å². The molecule has 2 aromatic carbocycles. The first-order chi connectivity index (χ1) is 9.24. The van der Waals surface area contributed by atoms with Gasteiger partial charge in [0.25, 0.3) is 0 Å². The zero-order valence-corrected chi connectivity index (χ0v) is 12.8. The molecule has 3 atom stereocenters. The van der Waals surface area contributed by atoms with E-state index < -0.39 is 0 Å². The molecule has 0 aromatic heterocycles. The normalized spacial score (nSPS) is 23.1. The molecule has 0 radical (unpaired) electrons. The minimum atomic E-state index is 0.597. The van der Waals surface area contributed by atoms with Crippen LogP contribution in [0.2, 0.25) is 0 Å². The van der Waals surface area contributed by atoms with Crippen molar-refractivity contribution < 1.29 is 0 Å². The molecule has 0 N–H and O–H groups in total. The van der Waals surface area contributed by atoms with Crippen LogP contribution in [0.3, 0.4) is 0 Å². The molecule has 1 aliphatic carbocycles. The lowest BCUT2D eigenvalue weighted by atomic mass is 10.0. The molecule has 0 spiro atoms. The third-order valence-corrected chi connectivity index (χ3v) is 5.05. The van der Waals surface area contributed by atoms with E-state index >= 15 is 0 Å². The molecular weight excluding hydrogens is 296 g/mol. The molecule has 98 valence electrons. The van der Waals surface area contributed by atoms with E-state index in [1.807, 2.05) is 0 Å². The lowest BCUT2D eigenvalue weighted by Gasteiger charge is -2.10. The standard InChI is InChI=1S/C18H19Br/c1-13-6-5-7-14(10-13)11-18(19)17-12-16(17)15-8-3-2-4-9-15/h2-10,16-18H,11-12H2,1H3. The Morgan fingerprint density at radius 2 is 1.89 bits per heavy atom. The highest BCUT2D eigenvalue weighted by molar-refractivity contribution is 9.09. The van der Waals surface area contributed by atoms with Gasteiger partial charge >= 0.3 is 0 Å². The maximum Gasteiger partial charge on any atom is 0.0220 e. The second kappa shape index (κ2) is 5.50. The Morgan fingerprint density at radius 1 is 1.11 bits per heavy atom. The van der Waals surface area contributed by atoms with Crippen LogP contribution in [0.25, 0.3) is 0 Å². The van der Waals surface area contributed by atoms with E-state index in [1.54, 1.807) is 0 Å². The SMILES string of the molecule is Cc1cccc(CC(Br)C2CC2c2ccccc2)c1. The first-order valence-corrected chi connectivity index (χ1v) is 7.90. The van der Waals surface area contributed by atoms with E-state index in [1.165, 1.54) is 23.1 Å². The smallest absolute Gasteiger partial charge is 0.0220 e. The highest BCUT2D eigenvalue weighted by atomic mass is 79.9. The van der Waals surface area contributed by atoms with Crippen molar-refractivity contribution in [3.05, 3.63) is 71.3 Å². The van der Waals surface area contributed by atoms with Crippen molar-refractivity contribution in [2.24, 2.45) is 5.92 Å². The second-order valence-electron chi connectivity index (χ2n) is 5.63. The summed E-state index contributed by atoms with van der Waals surface area (Å²) in [6.07, 6.45) is 2.46. The number of benzene rings is 2. The van der Waals surface area contributed by atoms with Gasteiger partial charge in [0.05, 0.1) is 0 Å². The van der Waals surface area contributed by atoms with Crippen LogP contribution in [0.5, 0.6) is 0 Å². The molecule has 1 heteroatoms. The maximum atomic E-state index is 3.90. The van der Waals surface area contributed by atoms with Crippen LogP contribution in [0.4, 0.5) is 0 Å². The van der Waals surface area contributed by atoms with Crippen molar-refractivity contribution >= 4 is 15.9 Å². The molecular formula is C18H19Br. The molecule has 1 aliphatic rings. The monoisotopic (exact) mass is 314 g/mol. The molecule has 0 bridgehead atoms. The van der Waals surface area contributed by atoms with Gasteiger partial charge in [0.1, 0.15) is 0 Å². The molecule has 0 aliphatic heterocycles. The van der Waals surface area contributed by atoms with Gasteiger partial charge in [-0.05, 0) is 42.7 Å². The van der Waals surface area contributed by atoms with Gasteiger partial charge in [-0.3, -0.25) is 0 Å². The lowest BCUT2D eigenvalue weighted by molar-refractivity contribution is 0.735. The van der Waals surface area contributed by atoms with Gasteiger partial charge < -0.3 is 0 Å². The Balaban J connectivity index is 1.63. The number of hydrogen-bond acceptors (Lipinski definition) is 0. The van der Waals surface area contributed by atoms with E-state index in [0.717, 1.165) is 18.3 Å². The molecule has 3 unspecified atom stereocenters. The summed E-state index contributed by atoms with van der Waals surface area (Å²) in [5, 5.41) is 0. The summed E-state index contributed by atoms with van der Waals surface area (Å²) in [7, 11) is 0. The molecule has 3 rings (SSSR count). The van der Waals surface area contributed by atoms with Gasteiger partial charge in [-0.2, -0.15) is 0 Å². The van der Waals surface area contributed by atoms with Crippen LogP contribution >= 0.6 is 15.9 Å². The summed E-state index contributed by atoms with van der Waals surface area (Å²) in [5.74, 6) is 1.55. The van der Waals surface area contributed by atoms with Crippen LogP contribution in [0.1, 0.15) is 29.0 Å². The first kappa shape index (κ1) is 12.9. The van der Waals surface area contributed by atoms with Crippen LogP contribution in [-0.2, 0) is 6.42 Å². The maximum absolute atomic E-state index is 3.90. The van der Waals surface area contributed by atoms with E-state index in [0.29, 0.717) is 4.83 Å². The fraction of sp³-hybridized carbons (Fsp3) is 0.333. The molecule has 0 heterocycles. The molecule has 1 fully saturated rings. The number of rotatable bonds is 4. The largest absolute Gasteiger partial charge is 0.0884 e. The predicted octanol–water partition coefficient (Wildman–Crippen LogP) is 5.10. The third kappa shape index (κ3) is 3.09. The molecule has 0 saturated heterocycles. The summed E-state index contributed by atoms with van der Waals surface area (Å²) < 4.78 is 0. The Hall–Kier alpha value is -1.08. The summed E-state index contributed by atoms with van der Waals surface area (Å²) >= 11 is 3.90. The molecule has 19 heavy (non-hydrogen) atoms. The van der Waals surface area contributed by atoms with Gasteiger partial charge in [0.15, 0.2) is 0 Å². The molecule has 0 nitrogen and oxygen atoms in total. The zero-order valence-electron chi connectivity index (χ0n) is 11.2. The average molecular weight is 315 g/mol. The number of aryl methyl sites for hydroxylation is 1. The van der Waals surface area contributed by atoms with Crippen molar-refractivity contribution in [1.29, 1.82) is 0 Å². The molecule has 2 aromatic rings. The van der Waals surface area contributed by atoms with Gasteiger partial charge in [-0.15, -0.1) is 0 Å². The molecule has 1 saturated carbocycles. The Kier molecular flexibility index (Phi) is 3.74. The fourth-order valence-corrected chi connectivity index (χ4v) is 3.87. The summed E-state index contributed by atoms with van der Waals surface area (Å²) in [6.45, 7) is 2.16. The number of hydrogen-bond donors (Lipinski definition) is 0. The summed E-state index contributed by atoms with van der Waals surface area (Å²) in [4.78, 5) is 0.597. The average Bonchev–Trinajstić information content (AvgIpc) is 3.20. The van der Waals surface area contributed by atoms with Crippen molar-refractivity contribution in [3.8, 4) is 0 Å². The van der Waals surface area contributed by atoms with Gasteiger partial charge in [-0.25, -0.2) is 0 Å². The van der Waals surface area contributed by atoms with Gasteiger partial charge in [0.2, 0.25) is 0 Å². The highest BCUT2D eigenvalue weighted by Gasteiger charge is 2.42. The van der Waals surface area contributed by atoms with Gasteiger partial charge in [0, 0.05) is 4.83 Å². The van der Waals surface area contributed by atoms with E-state index in [-0.39, 0.29) is 0 Å². The van der Waals surface area contributed by atoms with Crippen molar-refractivity contribution in [1.82, 2.24) is 0 Å². The Labute approximate surface area is 124 Å². The van der Waals surface area contributed by atoms with Crippen LogP contribution in [0.15, 0.2) is 54.6 Å². The Bertz CT molecular complexity index is 547. The first-order valence-electron chi connectivity index (χ1n) is 6.98. The quantitative estimate of drug-likeness (QED) is 0.688. The van der Waals surface area contributed by atoms with E-state index in [4.69, 9.17) is 0 Å². The summed E-state index contributed by atoms with van der Waals surface area (Å²) in [6, 6.07) is 19.8. The molecule has 0 amide bonds. The van der Waals surface area contributed by atoms with Crippen molar-refractivity contribution in [2.75, 3.05) is 0 Å². The lowest BCUT2D eigenvalue weighted by Crippen LogP contribution is -2.06. The van der Waals surface area contributed by atoms with Crippen LogP contribution in [-0.4, -0.2) is 4.83 Å². The summed E-state index contributed by atoms with van der Waals surface area (Å²) in [5.41, 5.74) is 4.30. The van der Waals surface area contributed by atoms with E-state index in [9.17, 15) is 0 Å². The number of halogens is 1. The van der Waals surface area contributed by atoms with Crippen molar-refractivity contribution in [2.45, 2.75) is 30.5 Å². The minimum absolute atomic E-state index is 0.597. The Morgan fingerprint density at radius 3 is 2.63 bits per heavy atom. The van der Waals surface area contributed by atoms with Crippen LogP contribution < -0.4 is 0 Å². The zero-order chi connectivity index (χ0) is 13.2. The predicted molar refractivity (Wildman–Crippen MR) is 84.9 cm³/mol. The van der Waals surface area contributed by atoms with E-state index in [2.05, 4.69) is 77.5 Å². The fourth-order valence-electron chi connectivity index (χ4n) is 2.91. The number of alkyl halides is 1. The third-order valence-electron chi connectivity index (χ3n) is 4.05. The highest BCUT2D eigenvalue weighted by Crippen LogP contribution is 2.52. The minimum Gasteiger partial charge on any atom is -0.0884 e. The second-order valence-corrected chi connectivity index (χ2v) is 6.80.